The fraction of sp³-hybridized carbons (Fsp3) is 0.381. The summed E-state index contributed by atoms with van der Waals surface area (Å²) in [4.78, 5) is 15.0. The number of rotatable bonds is 5. The molecule has 1 fully saturated rings. The van der Waals surface area contributed by atoms with Gasteiger partial charge in [0.05, 0.1) is 12.8 Å². The molecule has 0 N–H and O–H groups in total. The van der Waals surface area contributed by atoms with Gasteiger partial charge in [-0.05, 0) is 43.0 Å². The molecule has 1 aliphatic carbocycles. The first-order valence-corrected chi connectivity index (χ1v) is 9.10. The van der Waals surface area contributed by atoms with Crippen LogP contribution in [0.5, 0.6) is 0 Å². The summed E-state index contributed by atoms with van der Waals surface area (Å²) in [6.07, 6.45) is 7.88. The number of nitrogens with zero attached hydrogens (tertiary/aromatic N) is 1. The highest BCUT2D eigenvalue weighted by molar-refractivity contribution is 5.96. The molecule has 4 rings (SSSR count). The van der Waals surface area contributed by atoms with Crippen LogP contribution in [0.15, 0.2) is 57.6 Å². The van der Waals surface area contributed by atoms with E-state index in [1.54, 1.807) is 6.26 Å². The van der Waals surface area contributed by atoms with Crippen molar-refractivity contribution in [3.63, 3.8) is 0 Å². The number of carbonyl (C=O) groups is 1. The number of fused-ring (bicyclic) bond motifs is 1. The Kier molecular flexibility index (Phi) is 4.59. The van der Waals surface area contributed by atoms with E-state index in [1.807, 2.05) is 47.4 Å². The monoisotopic (exact) mass is 337 g/mol. The van der Waals surface area contributed by atoms with E-state index in [0.717, 1.165) is 23.3 Å². The number of hydrogen-bond acceptors (Lipinski definition) is 3. The van der Waals surface area contributed by atoms with Crippen LogP contribution in [0.25, 0.3) is 11.0 Å². The Hall–Kier alpha value is -2.49. The minimum absolute atomic E-state index is 0.0572. The van der Waals surface area contributed by atoms with Crippen molar-refractivity contribution in [1.82, 2.24) is 4.90 Å². The van der Waals surface area contributed by atoms with Gasteiger partial charge in [0, 0.05) is 11.9 Å². The van der Waals surface area contributed by atoms with E-state index in [-0.39, 0.29) is 5.91 Å². The predicted octanol–water partition coefficient (Wildman–Crippen LogP) is 5.25. The molecule has 25 heavy (non-hydrogen) atoms. The number of furan rings is 2. The topological polar surface area (TPSA) is 46.6 Å². The lowest BCUT2D eigenvalue weighted by atomic mass is 9.89. The Morgan fingerprint density at radius 1 is 1.08 bits per heavy atom. The van der Waals surface area contributed by atoms with Crippen molar-refractivity contribution in [3.8, 4) is 0 Å². The van der Waals surface area contributed by atoms with Crippen molar-refractivity contribution in [2.24, 2.45) is 5.92 Å². The molecule has 0 unspecified atom stereocenters. The lowest BCUT2D eigenvalue weighted by Crippen LogP contribution is -2.35. The van der Waals surface area contributed by atoms with Crippen molar-refractivity contribution >= 4 is 16.9 Å². The molecule has 4 heteroatoms. The minimum atomic E-state index is -0.0572. The van der Waals surface area contributed by atoms with Crippen LogP contribution in [-0.2, 0) is 6.54 Å². The standard InChI is InChI=1S/C21H23NO3/c23-21(20-13-17-9-4-5-11-19(17)25-20)22(15-18-10-6-12-24-18)14-16-7-2-1-3-8-16/h4-6,9-13,16H,1-3,7-8,14-15H2. The van der Waals surface area contributed by atoms with Crippen molar-refractivity contribution in [2.45, 2.75) is 38.6 Å². The Morgan fingerprint density at radius 2 is 1.92 bits per heavy atom. The van der Waals surface area contributed by atoms with Crippen LogP contribution < -0.4 is 0 Å². The second-order valence-corrected chi connectivity index (χ2v) is 6.92. The van der Waals surface area contributed by atoms with Crippen LogP contribution >= 0.6 is 0 Å². The summed E-state index contributed by atoms with van der Waals surface area (Å²) in [5, 5.41) is 0.960. The van der Waals surface area contributed by atoms with E-state index < -0.39 is 0 Å². The fourth-order valence-electron chi connectivity index (χ4n) is 3.73. The van der Waals surface area contributed by atoms with Gasteiger partial charge in [-0.15, -0.1) is 0 Å². The predicted molar refractivity (Wildman–Crippen MR) is 96.2 cm³/mol. The van der Waals surface area contributed by atoms with Crippen molar-refractivity contribution < 1.29 is 13.6 Å². The average Bonchev–Trinajstić information content (AvgIpc) is 3.30. The minimum Gasteiger partial charge on any atom is -0.467 e. The normalized spacial score (nSPS) is 15.5. The molecule has 130 valence electrons. The summed E-state index contributed by atoms with van der Waals surface area (Å²) < 4.78 is 11.3. The van der Waals surface area contributed by atoms with Gasteiger partial charge in [-0.2, -0.15) is 0 Å². The van der Waals surface area contributed by atoms with Gasteiger partial charge in [0.2, 0.25) is 0 Å². The summed E-state index contributed by atoms with van der Waals surface area (Å²) >= 11 is 0. The molecule has 0 saturated heterocycles. The van der Waals surface area contributed by atoms with Gasteiger partial charge >= 0.3 is 0 Å². The highest BCUT2D eigenvalue weighted by Crippen LogP contribution is 2.27. The quantitative estimate of drug-likeness (QED) is 0.639. The molecule has 2 heterocycles. The molecular weight excluding hydrogens is 314 g/mol. The number of carbonyl (C=O) groups excluding carboxylic acids is 1. The Bertz CT molecular complexity index is 795. The van der Waals surface area contributed by atoms with Crippen LogP contribution in [0.3, 0.4) is 0 Å². The summed E-state index contributed by atoms with van der Waals surface area (Å²) in [7, 11) is 0. The molecule has 2 aromatic heterocycles. The maximum Gasteiger partial charge on any atom is 0.290 e. The van der Waals surface area contributed by atoms with Crippen LogP contribution in [0, 0.1) is 5.92 Å². The van der Waals surface area contributed by atoms with Crippen LogP contribution in [0.1, 0.15) is 48.4 Å². The molecule has 0 radical (unpaired) electrons. The van der Waals surface area contributed by atoms with Crippen molar-refractivity contribution in [3.05, 3.63) is 60.2 Å². The van der Waals surface area contributed by atoms with E-state index >= 15 is 0 Å². The highest BCUT2D eigenvalue weighted by atomic mass is 16.3. The number of hydrogen-bond donors (Lipinski definition) is 0. The smallest absolute Gasteiger partial charge is 0.290 e. The van der Waals surface area contributed by atoms with Gasteiger partial charge in [-0.25, -0.2) is 0 Å². The first-order chi connectivity index (χ1) is 12.3. The van der Waals surface area contributed by atoms with Crippen LogP contribution in [0.4, 0.5) is 0 Å². The first kappa shape index (κ1) is 16.0. The van der Waals surface area contributed by atoms with Gasteiger partial charge in [0.15, 0.2) is 5.76 Å². The van der Waals surface area contributed by atoms with Crippen LogP contribution in [-0.4, -0.2) is 17.4 Å². The number of benzene rings is 1. The average molecular weight is 337 g/mol. The molecule has 3 aromatic rings. The Morgan fingerprint density at radius 3 is 2.68 bits per heavy atom. The van der Waals surface area contributed by atoms with E-state index in [0.29, 0.717) is 18.2 Å². The van der Waals surface area contributed by atoms with E-state index in [4.69, 9.17) is 8.83 Å². The zero-order chi connectivity index (χ0) is 17.1. The van der Waals surface area contributed by atoms with Gasteiger partial charge < -0.3 is 13.7 Å². The molecule has 1 amide bonds. The summed E-state index contributed by atoms with van der Waals surface area (Å²) in [6, 6.07) is 13.3. The maximum absolute atomic E-state index is 13.1. The lowest BCUT2D eigenvalue weighted by molar-refractivity contribution is 0.0656. The summed E-state index contributed by atoms with van der Waals surface area (Å²) in [6.45, 7) is 1.25. The van der Waals surface area contributed by atoms with E-state index in [2.05, 4.69) is 0 Å². The molecule has 1 aromatic carbocycles. The summed E-state index contributed by atoms with van der Waals surface area (Å²) in [5.74, 6) is 1.72. The Balaban J connectivity index is 1.57. The van der Waals surface area contributed by atoms with Gasteiger partial charge in [-0.3, -0.25) is 4.79 Å². The zero-order valence-electron chi connectivity index (χ0n) is 14.3. The second-order valence-electron chi connectivity index (χ2n) is 6.92. The SMILES string of the molecule is O=C(c1cc2ccccc2o1)N(Cc1ccco1)CC1CCCCC1. The van der Waals surface area contributed by atoms with Crippen molar-refractivity contribution in [1.29, 1.82) is 0 Å². The summed E-state index contributed by atoms with van der Waals surface area (Å²) in [5.41, 5.74) is 0.751. The molecule has 0 aliphatic heterocycles. The fourth-order valence-corrected chi connectivity index (χ4v) is 3.73. The number of para-hydroxylation sites is 1. The molecule has 4 nitrogen and oxygen atoms in total. The van der Waals surface area contributed by atoms with Crippen LogP contribution in [0.2, 0.25) is 0 Å². The van der Waals surface area contributed by atoms with Gasteiger partial charge in [0.25, 0.3) is 5.91 Å². The number of amides is 1. The molecule has 1 saturated carbocycles. The molecule has 0 bridgehead atoms. The molecule has 0 atom stereocenters. The third-order valence-corrected chi connectivity index (χ3v) is 5.05. The first-order valence-electron chi connectivity index (χ1n) is 9.10. The maximum atomic E-state index is 13.1. The molecule has 0 spiro atoms. The van der Waals surface area contributed by atoms with Gasteiger partial charge in [0.1, 0.15) is 11.3 Å². The van der Waals surface area contributed by atoms with Gasteiger partial charge in [-0.1, -0.05) is 37.5 Å². The second kappa shape index (κ2) is 7.18. The highest BCUT2D eigenvalue weighted by Gasteiger charge is 2.25. The van der Waals surface area contributed by atoms with E-state index in [1.165, 1.54) is 32.1 Å². The van der Waals surface area contributed by atoms with E-state index in [9.17, 15) is 4.79 Å². The zero-order valence-corrected chi connectivity index (χ0v) is 14.3. The van der Waals surface area contributed by atoms with Crippen molar-refractivity contribution in [2.75, 3.05) is 6.54 Å². The lowest BCUT2D eigenvalue weighted by Gasteiger charge is -2.28. The third kappa shape index (κ3) is 3.63. The largest absolute Gasteiger partial charge is 0.467 e. The molecular formula is C21H23NO3. The Labute approximate surface area is 147 Å². The third-order valence-electron chi connectivity index (χ3n) is 5.05. The molecule has 1 aliphatic rings.